The highest BCUT2D eigenvalue weighted by Crippen LogP contribution is 2.21. The minimum atomic E-state index is -3.80. The predicted octanol–water partition coefficient (Wildman–Crippen LogP) is 2.48. The van der Waals surface area contributed by atoms with Crippen LogP contribution in [0.25, 0.3) is 0 Å². The molecule has 7 heteroatoms. The molecule has 0 spiro atoms. The van der Waals surface area contributed by atoms with Crippen molar-refractivity contribution in [2.75, 3.05) is 25.0 Å². The normalized spacial score (nSPS) is 11.2. The molecule has 6 nitrogen and oxygen atoms in total. The number of methoxy groups -OCH3 is 1. The Labute approximate surface area is 148 Å². The molecule has 0 radical (unpaired) electrons. The number of nitrogens with one attached hydrogen (secondary N) is 2. The molecule has 1 amide bonds. The molecule has 0 unspecified atom stereocenters. The second-order valence-corrected chi connectivity index (χ2v) is 7.35. The molecule has 2 aromatic carbocycles. The number of rotatable bonds is 7. The first-order chi connectivity index (χ1) is 11.8. The van der Waals surface area contributed by atoms with E-state index in [-0.39, 0.29) is 16.4 Å². The minimum Gasteiger partial charge on any atom is -0.383 e. The fraction of sp³-hybridized carbons (Fsp3) is 0.278. The van der Waals surface area contributed by atoms with E-state index in [1.54, 1.807) is 44.4 Å². The molecule has 0 bridgehead atoms. The van der Waals surface area contributed by atoms with Gasteiger partial charge in [0.05, 0.1) is 11.5 Å². The van der Waals surface area contributed by atoms with E-state index in [1.165, 1.54) is 6.07 Å². The van der Waals surface area contributed by atoms with Crippen molar-refractivity contribution in [3.63, 3.8) is 0 Å². The number of amides is 1. The van der Waals surface area contributed by atoms with Gasteiger partial charge < -0.3 is 10.1 Å². The Morgan fingerprint density at radius 1 is 1.12 bits per heavy atom. The fourth-order valence-corrected chi connectivity index (χ4v) is 3.64. The summed E-state index contributed by atoms with van der Waals surface area (Å²) in [6.45, 7) is 4.32. The fourth-order valence-electron chi connectivity index (χ4n) is 2.32. The minimum absolute atomic E-state index is 0.0772. The number of aryl methyl sites for hydroxylation is 2. The van der Waals surface area contributed by atoms with E-state index in [2.05, 4.69) is 10.0 Å². The maximum atomic E-state index is 12.7. The van der Waals surface area contributed by atoms with E-state index in [0.29, 0.717) is 24.4 Å². The molecule has 2 N–H and O–H groups in total. The monoisotopic (exact) mass is 362 g/mol. The number of ether oxygens (including phenoxy) is 1. The van der Waals surface area contributed by atoms with Gasteiger partial charge in [0.1, 0.15) is 0 Å². The summed E-state index contributed by atoms with van der Waals surface area (Å²) in [5.41, 5.74) is 2.28. The summed E-state index contributed by atoms with van der Waals surface area (Å²) in [5, 5.41) is 2.68. The highest BCUT2D eigenvalue weighted by Gasteiger charge is 2.19. The summed E-state index contributed by atoms with van der Waals surface area (Å²) in [7, 11) is -2.26. The lowest BCUT2D eigenvalue weighted by molar-refractivity contribution is 0.0937. The van der Waals surface area contributed by atoms with Crippen LogP contribution in [0.5, 0.6) is 0 Å². The van der Waals surface area contributed by atoms with Gasteiger partial charge in [-0.15, -0.1) is 0 Å². The van der Waals surface area contributed by atoms with E-state index in [0.717, 1.165) is 5.56 Å². The average molecular weight is 362 g/mol. The number of hydrogen-bond donors (Lipinski definition) is 2. The van der Waals surface area contributed by atoms with E-state index in [4.69, 9.17) is 4.74 Å². The van der Waals surface area contributed by atoms with Crippen molar-refractivity contribution in [1.82, 2.24) is 5.32 Å². The number of carbonyl (C=O) groups is 1. The second kappa shape index (κ2) is 8.13. The number of sulfonamides is 1. The van der Waals surface area contributed by atoms with Gasteiger partial charge in [-0.1, -0.05) is 18.2 Å². The Kier molecular flexibility index (Phi) is 6.17. The Morgan fingerprint density at radius 3 is 2.56 bits per heavy atom. The summed E-state index contributed by atoms with van der Waals surface area (Å²) in [6.07, 6.45) is 0. The van der Waals surface area contributed by atoms with Gasteiger partial charge in [0, 0.05) is 24.9 Å². The molecular weight excluding hydrogens is 340 g/mol. The van der Waals surface area contributed by atoms with Crippen molar-refractivity contribution in [3.05, 3.63) is 59.2 Å². The highest BCUT2D eigenvalue weighted by molar-refractivity contribution is 7.92. The quantitative estimate of drug-likeness (QED) is 0.741. The molecule has 0 saturated heterocycles. The molecule has 134 valence electrons. The molecule has 0 atom stereocenters. The maximum Gasteiger partial charge on any atom is 0.262 e. The topological polar surface area (TPSA) is 84.5 Å². The lowest BCUT2D eigenvalue weighted by Crippen LogP contribution is -2.27. The first kappa shape index (κ1) is 19.0. The van der Waals surface area contributed by atoms with Gasteiger partial charge >= 0.3 is 0 Å². The van der Waals surface area contributed by atoms with Crippen molar-refractivity contribution in [2.24, 2.45) is 0 Å². The van der Waals surface area contributed by atoms with Gasteiger partial charge in [-0.2, -0.15) is 0 Å². The lowest BCUT2D eigenvalue weighted by Gasteiger charge is -2.12. The van der Waals surface area contributed by atoms with Crippen molar-refractivity contribution < 1.29 is 17.9 Å². The zero-order valence-electron chi connectivity index (χ0n) is 14.5. The molecule has 25 heavy (non-hydrogen) atoms. The molecule has 0 aliphatic carbocycles. The summed E-state index contributed by atoms with van der Waals surface area (Å²) in [5.74, 6) is -0.343. The molecule has 0 fully saturated rings. The first-order valence-electron chi connectivity index (χ1n) is 7.81. The van der Waals surface area contributed by atoms with Gasteiger partial charge in [-0.05, 0) is 49.2 Å². The van der Waals surface area contributed by atoms with Crippen LogP contribution in [0.4, 0.5) is 5.69 Å². The van der Waals surface area contributed by atoms with Crippen molar-refractivity contribution in [3.8, 4) is 0 Å². The van der Waals surface area contributed by atoms with Gasteiger partial charge in [-0.25, -0.2) is 8.42 Å². The van der Waals surface area contributed by atoms with Crippen LogP contribution in [0.3, 0.4) is 0 Å². The van der Waals surface area contributed by atoms with Crippen LogP contribution in [0, 0.1) is 13.8 Å². The zero-order chi connectivity index (χ0) is 18.4. The van der Waals surface area contributed by atoms with Crippen LogP contribution in [0.15, 0.2) is 47.4 Å². The van der Waals surface area contributed by atoms with Gasteiger partial charge in [-0.3, -0.25) is 9.52 Å². The number of anilines is 1. The van der Waals surface area contributed by atoms with E-state index in [1.807, 2.05) is 13.0 Å². The largest absolute Gasteiger partial charge is 0.383 e. The Bertz CT molecular complexity index is 863. The Hall–Kier alpha value is -2.38. The molecule has 0 aliphatic heterocycles. The summed E-state index contributed by atoms with van der Waals surface area (Å²) in [4.78, 5) is 12.2. The van der Waals surface area contributed by atoms with E-state index in [9.17, 15) is 13.2 Å². The van der Waals surface area contributed by atoms with E-state index >= 15 is 0 Å². The van der Waals surface area contributed by atoms with Crippen LogP contribution < -0.4 is 10.0 Å². The van der Waals surface area contributed by atoms with Crippen LogP contribution in [0.2, 0.25) is 0 Å². The molecule has 0 heterocycles. The zero-order valence-corrected chi connectivity index (χ0v) is 15.3. The molecular formula is C18H22N2O4S. The van der Waals surface area contributed by atoms with Crippen molar-refractivity contribution in [2.45, 2.75) is 18.7 Å². The van der Waals surface area contributed by atoms with Crippen LogP contribution in [-0.2, 0) is 14.8 Å². The first-order valence-corrected chi connectivity index (χ1v) is 9.29. The smallest absolute Gasteiger partial charge is 0.262 e. The molecule has 0 aliphatic rings. The standard InChI is InChI=1S/C18H22N2O4S/c1-13-5-4-6-16(11-13)20-25(22,23)17-12-15(8-7-14(17)2)18(21)19-9-10-24-3/h4-8,11-12,20H,9-10H2,1-3H3,(H,19,21). The summed E-state index contributed by atoms with van der Waals surface area (Å²) in [6, 6.07) is 11.7. The van der Waals surface area contributed by atoms with Crippen LogP contribution >= 0.6 is 0 Å². The van der Waals surface area contributed by atoms with Gasteiger partial charge in [0.25, 0.3) is 15.9 Å². The predicted molar refractivity (Wildman–Crippen MR) is 97.4 cm³/mol. The molecule has 2 rings (SSSR count). The number of hydrogen-bond acceptors (Lipinski definition) is 4. The van der Waals surface area contributed by atoms with Crippen LogP contribution in [-0.4, -0.2) is 34.6 Å². The highest BCUT2D eigenvalue weighted by atomic mass is 32.2. The third kappa shape index (κ3) is 5.04. The molecule has 0 aromatic heterocycles. The second-order valence-electron chi connectivity index (χ2n) is 5.70. The Morgan fingerprint density at radius 2 is 1.88 bits per heavy atom. The number of benzene rings is 2. The molecule has 0 saturated carbocycles. The third-order valence-electron chi connectivity index (χ3n) is 3.60. The van der Waals surface area contributed by atoms with Crippen molar-refractivity contribution in [1.29, 1.82) is 0 Å². The average Bonchev–Trinajstić information content (AvgIpc) is 2.54. The van der Waals surface area contributed by atoms with Crippen LogP contribution in [0.1, 0.15) is 21.5 Å². The maximum absolute atomic E-state index is 12.7. The SMILES string of the molecule is COCCNC(=O)c1ccc(C)c(S(=O)(=O)Nc2cccc(C)c2)c1. The van der Waals surface area contributed by atoms with E-state index < -0.39 is 10.0 Å². The Balaban J connectivity index is 2.27. The third-order valence-corrected chi connectivity index (χ3v) is 5.13. The summed E-state index contributed by atoms with van der Waals surface area (Å²) >= 11 is 0. The van der Waals surface area contributed by atoms with Gasteiger partial charge in [0.2, 0.25) is 0 Å². The number of carbonyl (C=O) groups excluding carboxylic acids is 1. The lowest BCUT2D eigenvalue weighted by atomic mass is 10.1. The van der Waals surface area contributed by atoms with Gasteiger partial charge in [0.15, 0.2) is 0 Å². The summed E-state index contributed by atoms with van der Waals surface area (Å²) < 4.78 is 32.8. The van der Waals surface area contributed by atoms with Crippen molar-refractivity contribution >= 4 is 21.6 Å². The molecule has 2 aromatic rings.